The molecule has 1 unspecified atom stereocenters. The van der Waals surface area contributed by atoms with Crippen molar-refractivity contribution >= 4 is 11.5 Å². The van der Waals surface area contributed by atoms with Gasteiger partial charge < -0.3 is 10.2 Å². The summed E-state index contributed by atoms with van der Waals surface area (Å²) in [5.74, 6) is 1.22. The van der Waals surface area contributed by atoms with Crippen LogP contribution in [-0.2, 0) is 0 Å². The maximum absolute atomic E-state index is 11.4. The standard InChI is InChI=1S/C15H22N4O2/c1-11-6-8-17-15(14(11)19(20)21)18(9-12-4-5-12)10-13-3-2-7-16-13/h6,8,12-13,16H,2-5,7,9-10H2,1H3. The van der Waals surface area contributed by atoms with Gasteiger partial charge in [-0.3, -0.25) is 10.1 Å². The smallest absolute Gasteiger partial charge is 0.314 e. The molecule has 1 aromatic rings. The minimum atomic E-state index is -0.292. The fraction of sp³-hybridized carbons (Fsp3) is 0.667. The molecular weight excluding hydrogens is 268 g/mol. The van der Waals surface area contributed by atoms with Gasteiger partial charge in [-0.1, -0.05) is 0 Å². The summed E-state index contributed by atoms with van der Waals surface area (Å²) in [4.78, 5) is 17.6. The van der Waals surface area contributed by atoms with Crippen molar-refractivity contribution in [2.45, 2.75) is 38.6 Å². The Morgan fingerprint density at radius 2 is 2.24 bits per heavy atom. The van der Waals surface area contributed by atoms with Crippen LogP contribution in [0.3, 0.4) is 0 Å². The van der Waals surface area contributed by atoms with Crippen molar-refractivity contribution in [3.8, 4) is 0 Å². The average molecular weight is 290 g/mol. The van der Waals surface area contributed by atoms with Gasteiger partial charge in [0.1, 0.15) is 0 Å². The molecule has 1 atom stereocenters. The molecule has 0 bridgehead atoms. The van der Waals surface area contributed by atoms with Crippen LogP contribution in [0.25, 0.3) is 0 Å². The first-order chi connectivity index (χ1) is 10.1. The Morgan fingerprint density at radius 3 is 2.86 bits per heavy atom. The van der Waals surface area contributed by atoms with Crippen molar-refractivity contribution in [3.63, 3.8) is 0 Å². The molecule has 1 saturated carbocycles. The van der Waals surface area contributed by atoms with E-state index >= 15 is 0 Å². The van der Waals surface area contributed by atoms with Crippen LogP contribution in [0.4, 0.5) is 11.5 Å². The van der Waals surface area contributed by atoms with Crippen molar-refractivity contribution in [2.75, 3.05) is 24.5 Å². The van der Waals surface area contributed by atoms with Crippen LogP contribution in [0, 0.1) is 23.0 Å². The number of hydrogen-bond acceptors (Lipinski definition) is 5. The first-order valence-corrected chi connectivity index (χ1v) is 7.73. The topological polar surface area (TPSA) is 71.3 Å². The van der Waals surface area contributed by atoms with E-state index in [2.05, 4.69) is 15.2 Å². The van der Waals surface area contributed by atoms with E-state index in [1.807, 2.05) is 0 Å². The summed E-state index contributed by atoms with van der Waals surface area (Å²) >= 11 is 0. The van der Waals surface area contributed by atoms with Gasteiger partial charge in [-0.05, 0) is 51.1 Å². The third-order valence-corrected chi connectivity index (χ3v) is 4.37. The van der Waals surface area contributed by atoms with Crippen LogP contribution >= 0.6 is 0 Å². The minimum absolute atomic E-state index is 0.163. The Morgan fingerprint density at radius 1 is 1.43 bits per heavy atom. The SMILES string of the molecule is Cc1ccnc(N(CC2CC2)CC2CCCN2)c1[N+](=O)[O-]. The van der Waals surface area contributed by atoms with Crippen molar-refractivity contribution in [2.24, 2.45) is 5.92 Å². The first-order valence-electron chi connectivity index (χ1n) is 7.73. The van der Waals surface area contributed by atoms with E-state index < -0.39 is 0 Å². The lowest BCUT2D eigenvalue weighted by molar-refractivity contribution is -0.384. The van der Waals surface area contributed by atoms with Crippen molar-refractivity contribution < 1.29 is 4.92 Å². The fourth-order valence-corrected chi connectivity index (χ4v) is 3.03. The third kappa shape index (κ3) is 3.32. The van der Waals surface area contributed by atoms with Crippen molar-refractivity contribution in [1.82, 2.24) is 10.3 Å². The molecule has 3 rings (SSSR count). The molecule has 1 aromatic heterocycles. The normalized spacial score (nSPS) is 21.5. The first kappa shape index (κ1) is 14.3. The van der Waals surface area contributed by atoms with Crippen molar-refractivity contribution in [1.29, 1.82) is 0 Å². The monoisotopic (exact) mass is 290 g/mol. The Hall–Kier alpha value is -1.69. The van der Waals surface area contributed by atoms with E-state index in [-0.39, 0.29) is 10.6 Å². The summed E-state index contributed by atoms with van der Waals surface area (Å²) in [6.45, 7) is 4.53. The molecule has 0 spiro atoms. The molecule has 114 valence electrons. The maximum atomic E-state index is 11.4. The fourth-order valence-electron chi connectivity index (χ4n) is 3.03. The van der Waals surface area contributed by atoms with Crippen molar-refractivity contribution in [3.05, 3.63) is 27.9 Å². The number of aromatic nitrogens is 1. The highest BCUT2D eigenvalue weighted by Gasteiger charge is 2.31. The van der Waals surface area contributed by atoms with Gasteiger partial charge in [0.15, 0.2) is 0 Å². The molecule has 0 radical (unpaired) electrons. The molecule has 2 heterocycles. The van der Waals surface area contributed by atoms with Crippen LogP contribution in [0.5, 0.6) is 0 Å². The van der Waals surface area contributed by atoms with E-state index in [1.54, 1.807) is 19.2 Å². The van der Waals surface area contributed by atoms with Crippen LogP contribution in [-0.4, -0.2) is 35.6 Å². The zero-order chi connectivity index (χ0) is 14.8. The van der Waals surface area contributed by atoms with Gasteiger partial charge in [0, 0.05) is 30.9 Å². The zero-order valence-electron chi connectivity index (χ0n) is 12.4. The molecule has 0 amide bonds. The second kappa shape index (κ2) is 5.97. The van der Waals surface area contributed by atoms with E-state index in [0.717, 1.165) is 26.1 Å². The number of nitro groups is 1. The molecular formula is C15H22N4O2. The van der Waals surface area contributed by atoms with Gasteiger partial charge >= 0.3 is 5.69 Å². The Kier molecular flexibility index (Phi) is 4.05. The van der Waals surface area contributed by atoms with E-state index in [0.29, 0.717) is 23.3 Å². The van der Waals surface area contributed by atoms with Gasteiger partial charge in [0.25, 0.3) is 0 Å². The molecule has 0 aromatic carbocycles. The van der Waals surface area contributed by atoms with Gasteiger partial charge in [0.2, 0.25) is 5.82 Å². The summed E-state index contributed by atoms with van der Waals surface area (Å²) in [5, 5.41) is 14.9. The maximum Gasteiger partial charge on any atom is 0.314 e. The summed E-state index contributed by atoms with van der Waals surface area (Å²) in [7, 11) is 0. The van der Waals surface area contributed by atoms with E-state index in [4.69, 9.17) is 0 Å². The summed E-state index contributed by atoms with van der Waals surface area (Å²) in [6, 6.07) is 2.13. The Balaban J connectivity index is 1.87. The number of pyridine rings is 1. The molecule has 6 nitrogen and oxygen atoms in total. The predicted molar refractivity (Wildman–Crippen MR) is 81.6 cm³/mol. The number of anilines is 1. The Bertz CT molecular complexity index is 524. The van der Waals surface area contributed by atoms with Crippen LogP contribution in [0.2, 0.25) is 0 Å². The molecule has 1 aliphatic heterocycles. The zero-order valence-corrected chi connectivity index (χ0v) is 12.4. The molecule has 1 aliphatic carbocycles. The molecule has 6 heteroatoms. The molecule has 21 heavy (non-hydrogen) atoms. The van der Waals surface area contributed by atoms with Crippen LogP contribution < -0.4 is 10.2 Å². The summed E-state index contributed by atoms with van der Waals surface area (Å²) < 4.78 is 0. The lowest BCUT2D eigenvalue weighted by Gasteiger charge is -2.27. The number of hydrogen-bond donors (Lipinski definition) is 1. The summed E-state index contributed by atoms with van der Waals surface area (Å²) in [5.41, 5.74) is 0.848. The second-order valence-electron chi connectivity index (χ2n) is 6.20. The Labute approximate surface area is 124 Å². The van der Waals surface area contributed by atoms with Crippen LogP contribution in [0.15, 0.2) is 12.3 Å². The van der Waals surface area contributed by atoms with Gasteiger partial charge in [-0.25, -0.2) is 4.98 Å². The minimum Gasteiger partial charge on any atom is -0.349 e. The number of rotatable bonds is 6. The highest BCUT2D eigenvalue weighted by atomic mass is 16.6. The lowest BCUT2D eigenvalue weighted by Crippen LogP contribution is -2.39. The third-order valence-electron chi connectivity index (χ3n) is 4.37. The highest BCUT2D eigenvalue weighted by molar-refractivity contribution is 5.61. The molecule has 2 aliphatic rings. The number of nitrogens with one attached hydrogen (secondary N) is 1. The lowest BCUT2D eigenvalue weighted by atomic mass is 10.2. The van der Waals surface area contributed by atoms with E-state index in [9.17, 15) is 10.1 Å². The number of nitrogens with zero attached hydrogens (tertiary/aromatic N) is 3. The highest BCUT2D eigenvalue weighted by Crippen LogP contribution is 2.35. The predicted octanol–water partition coefficient (Wildman–Crippen LogP) is 2.27. The number of aryl methyl sites for hydroxylation is 1. The van der Waals surface area contributed by atoms with Crippen LogP contribution in [0.1, 0.15) is 31.2 Å². The average Bonchev–Trinajstić information content (AvgIpc) is 3.11. The molecule has 1 N–H and O–H groups in total. The van der Waals surface area contributed by atoms with E-state index in [1.165, 1.54) is 19.3 Å². The van der Waals surface area contributed by atoms with Gasteiger partial charge in [-0.15, -0.1) is 0 Å². The largest absolute Gasteiger partial charge is 0.349 e. The quantitative estimate of drug-likeness (QED) is 0.643. The van der Waals surface area contributed by atoms with Gasteiger partial charge in [0.05, 0.1) is 4.92 Å². The second-order valence-corrected chi connectivity index (χ2v) is 6.20. The molecule has 1 saturated heterocycles. The summed E-state index contributed by atoms with van der Waals surface area (Å²) in [6.07, 6.45) is 6.47. The molecule has 2 fully saturated rings. The van der Waals surface area contributed by atoms with Gasteiger partial charge in [-0.2, -0.15) is 0 Å².